The number of piperazine rings is 1. The number of aromatic amines is 1. The Labute approximate surface area is 199 Å². The summed E-state index contributed by atoms with van der Waals surface area (Å²) in [6.07, 6.45) is 7.15. The predicted octanol–water partition coefficient (Wildman–Crippen LogP) is 1.65. The van der Waals surface area contributed by atoms with Gasteiger partial charge in [-0.05, 0) is 25.0 Å². The first-order valence-electron chi connectivity index (χ1n) is 11.8. The molecule has 11 heteroatoms. The third-order valence-electron chi connectivity index (χ3n) is 6.70. The van der Waals surface area contributed by atoms with E-state index < -0.39 is 10.0 Å². The van der Waals surface area contributed by atoms with Crippen molar-refractivity contribution in [3.8, 4) is 0 Å². The number of piperidine rings is 1. The molecule has 0 saturated carbocycles. The summed E-state index contributed by atoms with van der Waals surface area (Å²) in [5.41, 5.74) is 2.83. The minimum atomic E-state index is -3.38. The summed E-state index contributed by atoms with van der Waals surface area (Å²) < 4.78 is 38.7. The molecule has 5 rings (SSSR count). The Balaban J connectivity index is 1.22. The van der Waals surface area contributed by atoms with E-state index in [4.69, 9.17) is 9.47 Å². The van der Waals surface area contributed by atoms with E-state index in [2.05, 4.69) is 19.9 Å². The number of H-pyrrole nitrogens is 1. The fourth-order valence-electron chi connectivity index (χ4n) is 4.92. The first-order valence-corrected chi connectivity index (χ1v) is 13.4. The van der Waals surface area contributed by atoms with Crippen LogP contribution in [0.15, 0.2) is 30.7 Å². The van der Waals surface area contributed by atoms with Crippen molar-refractivity contribution in [2.75, 3.05) is 70.4 Å². The Morgan fingerprint density at radius 1 is 1.12 bits per heavy atom. The average molecular weight is 489 g/mol. The molecule has 184 valence electrons. The van der Waals surface area contributed by atoms with Gasteiger partial charge >= 0.3 is 0 Å². The highest BCUT2D eigenvalue weighted by molar-refractivity contribution is 7.89. The van der Waals surface area contributed by atoms with Crippen molar-refractivity contribution in [1.82, 2.24) is 24.2 Å². The lowest BCUT2D eigenvalue weighted by atomic mass is 10.1. The Kier molecular flexibility index (Phi) is 6.98. The van der Waals surface area contributed by atoms with Crippen LogP contribution in [0, 0.1) is 0 Å². The van der Waals surface area contributed by atoms with Gasteiger partial charge < -0.3 is 19.4 Å². The van der Waals surface area contributed by atoms with Crippen LogP contribution in [0.2, 0.25) is 0 Å². The van der Waals surface area contributed by atoms with Crippen LogP contribution >= 0.6 is 0 Å². The first-order chi connectivity index (χ1) is 16.5. The summed E-state index contributed by atoms with van der Waals surface area (Å²) >= 11 is 0. The maximum atomic E-state index is 13.1. The molecule has 0 radical (unpaired) electrons. The van der Waals surface area contributed by atoms with Crippen molar-refractivity contribution < 1.29 is 17.9 Å². The first kappa shape index (κ1) is 23.4. The standard InChI is InChI=1S/C23H32N6O4S/c1-32-13-14-33-18-3-2-8-29(16-18)34(30,31)17-27-9-11-28(12-10-27)21-5-7-24-20-15-26-23-19(22(20)21)4-6-25-23/h4-7,15,18H,2-3,8-14,16-17H2,1H3,(H,25,26). The molecule has 1 N–H and O–H groups in total. The number of pyridine rings is 2. The summed E-state index contributed by atoms with van der Waals surface area (Å²) in [4.78, 5) is 16.5. The Bertz CT molecular complexity index is 1220. The molecular formula is C23H32N6O4S. The molecule has 34 heavy (non-hydrogen) atoms. The molecule has 0 aromatic carbocycles. The summed E-state index contributed by atoms with van der Waals surface area (Å²) in [7, 11) is -1.74. The molecule has 2 aliphatic rings. The molecule has 3 aromatic heterocycles. The van der Waals surface area contributed by atoms with Gasteiger partial charge in [-0.1, -0.05) is 0 Å². The van der Waals surface area contributed by atoms with Crippen molar-refractivity contribution in [3.05, 3.63) is 30.7 Å². The van der Waals surface area contributed by atoms with Crippen molar-refractivity contribution in [3.63, 3.8) is 0 Å². The molecule has 0 amide bonds. The van der Waals surface area contributed by atoms with Crippen LogP contribution in [0.4, 0.5) is 5.69 Å². The van der Waals surface area contributed by atoms with Crippen LogP contribution in [0.25, 0.3) is 21.9 Å². The molecule has 2 saturated heterocycles. The monoisotopic (exact) mass is 488 g/mol. The molecule has 0 bridgehead atoms. The second-order valence-electron chi connectivity index (χ2n) is 8.92. The van der Waals surface area contributed by atoms with E-state index in [1.54, 1.807) is 17.6 Å². The largest absolute Gasteiger partial charge is 0.382 e. The number of hydrogen-bond donors (Lipinski definition) is 1. The summed E-state index contributed by atoms with van der Waals surface area (Å²) in [5.74, 6) is 0.0503. The van der Waals surface area contributed by atoms with E-state index in [0.29, 0.717) is 39.4 Å². The fourth-order valence-corrected chi connectivity index (χ4v) is 6.61. The minimum absolute atomic E-state index is 0.0503. The highest BCUT2D eigenvalue weighted by Crippen LogP contribution is 2.31. The fraction of sp³-hybridized carbons (Fsp3) is 0.565. The highest BCUT2D eigenvalue weighted by atomic mass is 32.2. The SMILES string of the molecule is COCCOC1CCCN(S(=O)(=O)CN2CCN(c3ccnc4cnc5[nH]ccc5c34)CC2)C1. The lowest BCUT2D eigenvalue weighted by molar-refractivity contribution is -0.00670. The van der Waals surface area contributed by atoms with Crippen LogP contribution in [0.1, 0.15) is 12.8 Å². The molecule has 5 heterocycles. The van der Waals surface area contributed by atoms with Crippen molar-refractivity contribution in [2.45, 2.75) is 18.9 Å². The molecular weight excluding hydrogens is 456 g/mol. The van der Waals surface area contributed by atoms with Crippen LogP contribution in [0.3, 0.4) is 0 Å². The quantitative estimate of drug-likeness (QED) is 0.478. The number of sulfonamides is 1. The molecule has 0 spiro atoms. The topological polar surface area (TPSA) is 104 Å². The highest BCUT2D eigenvalue weighted by Gasteiger charge is 2.32. The van der Waals surface area contributed by atoms with Gasteiger partial charge in [0.25, 0.3) is 0 Å². The number of methoxy groups -OCH3 is 1. The zero-order chi connectivity index (χ0) is 23.5. The van der Waals surface area contributed by atoms with E-state index in [1.807, 2.05) is 29.4 Å². The molecule has 0 aliphatic carbocycles. The van der Waals surface area contributed by atoms with Gasteiger partial charge in [-0.25, -0.2) is 13.4 Å². The van der Waals surface area contributed by atoms with Crippen molar-refractivity contribution >= 4 is 37.6 Å². The maximum absolute atomic E-state index is 13.1. The molecule has 10 nitrogen and oxygen atoms in total. The molecule has 1 atom stereocenters. The van der Waals surface area contributed by atoms with Crippen molar-refractivity contribution in [1.29, 1.82) is 0 Å². The lowest BCUT2D eigenvalue weighted by Gasteiger charge is -2.38. The van der Waals surface area contributed by atoms with Crippen LogP contribution in [0.5, 0.6) is 0 Å². The number of aromatic nitrogens is 3. The number of ether oxygens (including phenoxy) is 2. The van der Waals surface area contributed by atoms with E-state index in [0.717, 1.165) is 53.6 Å². The smallest absolute Gasteiger partial charge is 0.227 e. The maximum Gasteiger partial charge on any atom is 0.227 e. The summed E-state index contributed by atoms with van der Waals surface area (Å²) in [6.45, 7) is 4.89. The van der Waals surface area contributed by atoms with Gasteiger partial charge in [0.2, 0.25) is 10.0 Å². The van der Waals surface area contributed by atoms with Gasteiger partial charge in [-0.15, -0.1) is 0 Å². The van der Waals surface area contributed by atoms with Crippen molar-refractivity contribution in [2.24, 2.45) is 0 Å². The second kappa shape index (κ2) is 10.1. The van der Waals surface area contributed by atoms with Gasteiger partial charge in [-0.3, -0.25) is 9.88 Å². The predicted molar refractivity (Wildman–Crippen MR) is 131 cm³/mol. The van der Waals surface area contributed by atoms with E-state index >= 15 is 0 Å². The average Bonchev–Trinajstić information content (AvgIpc) is 3.34. The van der Waals surface area contributed by atoms with Crippen LogP contribution in [-0.4, -0.2) is 104 Å². The summed E-state index contributed by atoms with van der Waals surface area (Å²) in [5, 5.41) is 2.14. The molecule has 1 unspecified atom stereocenters. The van der Waals surface area contributed by atoms with Gasteiger partial charge in [0.15, 0.2) is 0 Å². The van der Waals surface area contributed by atoms with E-state index in [1.165, 1.54) is 0 Å². The minimum Gasteiger partial charge on any atom is -0.382 e. The second-order valence-corrected chi connectivity index (χ2v) is 10.9. The Morgan fingerprint density at radius 3 is 2.79 bits per heavy atom. The van der Waals surface area contributed by atoms with Crippen LogP contribution < -0.4 is 4.90 Å². The number of nitrogens with one attached hydrogen (secondary N) is 1. The number of hydrogen-bond acceptors (Lipinski definition) is 8. The molecule has 2 fully saturated rings. The van der Waals surface area contributed by atoms with Gasteiger partial charge in [-0.2, -0.15) is 4.31 Å². The zero-order valence-electron chi connectivity index (χ0n) is 19.5. The number of nitrogens with zero attached hydrogens (tertiary/aromatic N) is 5. The lowest BCUT2D eigenvalue weighted by Crippen LogP contribution is -2.51. The normalized spacial score (nSPS) is 21.0. The Hall–Kier alpha value is -2.31. The third kappa shape index (κ3) is 4.89. The van der Waals surface area contributed by atoms with E-state index in [9.17, 15) is 8.42 Å². The third-order valence-corrected chi connectivity index (χ3v) is 8.51. The molecule has 2 aliphatic heterocycles. The van der Waals surface area contributed by atoms with Gasteiger partial charge in [0.05, 0.1) is 31.0 Å². The van der Waals surface area contributed by atoms with Gasteiger partial charge in [0, 0.05) is 75.2 Å². The number of rotatable bonds is 8. The van der Waals surface area contributed by atoms with Crippen LogP contribution in [-0.2, 0) is 19.5 Å². The zero-order valence-corrected chi connectivity index (χ0v) is 20.3. The van der Waals surface area contributed by atoms with E-state index in [-0.39, 0.29) is 12.0 Å². The number of fused-ring (bicyclic) bond motifs is 3. The Morgan fingerprint density at radius 2 is 1.97 bits per heavy atom. The summed E-state index contributed by atoms with van der Waals surface area (Å²) in [6, 6.07) is 4.07. The van der Waals surface area contributed by atoms with Gasteiger partial charge in [0.1, 0.15) is 11.5 Å². The molecule has 3 aromatic rings. The number of anilines is 1.